The monoisotopic (exact) mass is 270 g/mol. The summed E-state index contributed by atoms with van der Waals surface area (Å²) in [6.07, 6.45) is 7.37. The fraction of sp³-hybridized carbons (Fsp3) is 1.00. The summed E-state index contributed by atoms with van der Waals surface area (Å²) in [4.78, 5) is 2.48. The molecule has 1 aliphatic carbocycles. The van der Waals surface area contributed by atoms with Crippen molar-refractivity contribution < 1.29 is 9.47 Å². The molecule has 3 unspecified atom stereocenters. The first kappa shape index (κ1) is 15.2. The van der Waals surface area contributed by atoms with Crippen LogP contribution in [0.1, 0.15) is 39.0 Å². The summed E-state index contributed by atoms with van der Waals surface area (Å²) < 4.78 is 11.0. The highest BCUT2D eigenvalue weighted by Crippen LogP contribution is 2.20. The van der Waals surface area contributed by atoms with E-state index < -0.39 is 0 Å². The van der Waals surface area contributed by atoms with E-state index in [1.165, 1.54) is 32.1 Å². The molecule has 0 aromatic heterocycles. The van der Waals surface area contributed by atoms with Gasteiger partial charge in [-0.05, 0) is 19.8 Å². The van der Waals surface area contributed by atoms with Crippen LogP contribution < -0.4 is 5.32 Å². The number of rotatable bonds is 6. The highest BCUT2D eigenvalue weighted by Gasteiger charge is 2.35. The lowest BCUT2D eigenvalue weighted by atomic mass is 9.95. The van der Waals surface area contributed by atoms with Crippen molar-refractivity contribution in [3.05, 3.63) is 0 Å². The lowest BCUT2D eigenvalue weighted by molar-refractivity contribution is -0.00461. The van der Waals surface area contributed by atoms with Gasteiger partial charge in [-0.3, -0.25) is 4.90 Å². The fourth-order valence-electron chi connectivity index (χ4n) is 3.36. The van der Waals surface area contributed by atoms with Crippen molar-refractivity contribution in [3.63, 3.8) is 0 Å². The van der Waals surface area contributed by atoms with Crippen molar-refractivity contribution in [3.8, 4) is 0 Å². The number of methoxy groups -OCH3 is 2. The molecule has 0 amide bonds. The van der Waals surface area contributed by atoms with Gasteiger partial charge in [0.15, 0.2) is 0 Å². The summed E-state index contributed by atoms with van der Waals surface area (Å²) in [6, 6.07) is 1.30. The molecule has 4 heteroatoms. The van der Waals surface area contributed by atoms with Crippen molar-refractivity contribution in [2.24, 2.45) is 0 Å². The maximum absolute atomic E-state index is 5.50. The van der Waals surface area contributed by atoms with Crippen molar-refractivity contribution >= 4 is 0 Å². The zero-order chi connectivity index (χ0) is 13.7. The normalized spacial score (nSPS) is 31.7. The molecular formula is C15H30N2O2. The molecule has 0 aromatic rings. The smallest absolute Gasteiger partial charge is 0.0971 e. The van der Waals surface area contributed by atoms with E-state index in [4.69, 9.17) is 9.47 Å². The van der Waals surface area contributed by atoms with E-state index >= 15 is 0 Å². The minimum absolute atomic E-state index is 0.224. The summed E-state index contributed by atoms with van der Waals surface area (Å²) in [7, 11) is 3.57. The molecule has 0 aromatic carbocycles. The molecule has 1 aliphatic heterocycles. The molecule has 1 N–H and O–H groups in total. The van der Waals surface area contributed by atoms with Crippen LogP contribution in [0.4, 0.5) is 0 Å². The van der Waals surface area contributed by atoms with Gasteiger partial charge in [-0.25, -0.2) is 0 Å². The Labute approximate surface area is 117 Å². The van der Waals surface area contributed by atoms with Gasteiger partial charge in [0.1, 0.15) is 0 Å². The molecule has 1 saturated carbocycles. The van der Waals surface area contributed by atoms with E-state index in [9.17, 15) is 0 Å². The van der Waals surface area contributed by atoms with Crippen LogP contribution in [0.3, 0.4) is 0 Å². The number of hydrogen-bond donors (Lipinski definition) is 1. The second kappa shape index (κ2) is 7.58. The molecular weight excluding hydrogens is 240 g/mol. The minimum Gasteiger partial charge on any atom is -0.377 e. The number of ether oxygens (including phenoxy) is 2. The zero-order valence-corrected chi connectivity index (χ0v) is 12.7. The van der Waals surface area contributed by atoms with Crippen LogP contribution in [0.15, 0.2) is 0 Å². The Bertz CT molecular complexity index is 245. The van der Waals surface area contributed by atoms with Gasteiger partial charge in [-0.1, -0.05) is 19.3 Å². The average Bonchev–Trinajstić information content (AvgIpc) is 2.89. The van der Waals surface area contributed by atoms with E-state index in [2.05, 4.69) is 17.1 Å². The number of nitrogens with zero attached hydrogens (tertiary/aromatic N) is 1. The first-order valence-corrected chi connectivity index (χ1v) is 7.77. The Morgan fingerprint density at radius 3 is 2.16 bits per heavy atom. The minimum atomic E-state index is 0.224. The summed E-state index contributed by atoms with van der Waals surface area (Å²) in [5.74, 6) is 0. The lowest BCUT2D eigenvalue weighted by Gasteiger charge is -2.28. The Hall–Kier alpha value is -0.160. The standard InChI is InChI=1S/C15H30N2O2/c1-12(9-16-13-7-5-4-6-8-13)17-10-14(18-2)15(11-17)19-3/h12-16H,4-11H2,1-3H3. The Morgan fingerprint density at radius 1 is 1.05 bits per heavy atom. The van der Waals surface area contributed by atoms with Crippen LogP contribution >= 0.6 is 0 Å². The molecule has 2 aliphatic rings. The van der Waals surface area contributed by atoms with Crippen molar-refractivity contribution in [2.75, 3.05) is 33.9 Å². The van der Waals surface area contributed by atoms with Gasteiger partial charge < -0.3 is 14.8 Å². The third-order valence-electron chi connectivity index (χ3n) is 4.78. The topological polar surface area (TPSA) is 33.7 Å². The SMILES string of the molecule is COC1CN(C(C)CNC2CCCCC2)CC1OC. The van der Waals surface area contributed by atoms with Crippen LogP contribution in [0.5, 0.6) is 0 Å². The predicted octanol–water partition coefficient (Wildman–Crippen LogP) is 1.64. The van der Waals surface area contributed by atoms with E-state index in [-0.39, 0.29) is 12.2 Å². The number of likely N-dealkylation sites (tertiary alicyclic amines) is 1. The Balaban J connectivity index is 1.72. The van der Waals surface area contributed by atoms with Gasteiger partial charge in [0.2, 0.25) is 0 Å². The van der Waals surface area contributed by atoms with Crippen molar-refractivity contribution in [2.45, 2.75) is 63.3 Å². The van der Waals surface area contributed by atoms with Gasteiger partial charge in [0.05, 0.1) is 12.2 Å². The van der Waals surface area contributed by atoms with E-state index in [0.29, 0.717) is 6.04 Å². The van der Waals surface area contributed by atoms with Crippen LogP contribution in [0.2, 0.25) is 0 Å². The highest BCUT2D eigenvalue weighted by atomic mass is 16.5. The second-order valence-electron chi connectivity index (χ2n) is 6.09. The molecule has 3 atom stereocenters. The summed E-state index contributed by atoms with van der Waals surface area (Å²) in [5.41, 5.74) is 0. The predicted molar refractivity (Wildman–Crippen MR) is 77.5 cm³/mol. The number of hydrogen-bond acceptors (Lipinski definition) is 4. The molecule has 1 saturated heterocycles. The lowest BCUT2D eigenvalue weighted by Crippen LogP contribution is -2.43. The first-order valence-electron chi connectivity index (χ1n) is 7.77. The van der Waals surface area contributed by atoms with Crippen LogP contribution in [0.25, 0.3) is 0 Å². The second-order valence-corrected chi connectivity index (χ2v) is 6.09. The molecule has 2 rings (SSSR count). The van der Waals surface area contributed by atoms with Crippen molar-refractivity contribution in [1.82, 2.24) is 10.2 Å². The number of nitrogens with one attached hydrogen (secondary N) is 1. The highest BCUT2D eigenvalue weighted by molar-refractivity contribution is 4.89. The molecule has 112 valence electrons. The Morgan fingerprint density at radius 2 is 1.63 bits per heavy atom. The molecule has 0 radical (unpaired) electrons. The quantitative estimate of drug-likeness (QED) is 0.795. The van der Waals surface area contributed by atoms with Gasteiger partial charge in [-0.15, -0.1) is 0 Å². The average molecular weight is 270 g/mol. The van der Waals surface area contributed by atoms with Crippen molar-refractivity contribution in [1.29, 1.82) is 0 Å². The van der Waals surface area contributed by atoms with Gasteiger partial charge in [0.25, 0.3) is 0 Å². The third kappa shape index (κ3) is 4.15. The Kier molecular flexibility index (Phi) is 6.07. The fourth-order valence-corrected chi connectivity index (χ4v) is 3.36. The molecule has 0 spiro atoms. The first-order chi connectivity index (χ1) is 9.24. The summed E-state index contributed by atoms with van der Waals surface area (Å²) >= 11 is 0. The van der Waals surface area contributed by atoms with E-state index in [1.54, 1.807) is 14.2 Å². The maximum Gasteiger partial charge on any atom is 0.0971 e. The molecule has 19 heavy (non-hydrogen) atoms. The van der Waals surface area contributed by atoms with Gasteiger partial charge in [0, 0.05) is 45.9 Å². The summed E-state index contributed by atoms with van der Waals surface area (Å²) in [5, 5.41) is 3.74. The van der Waals surface area contributed by atoms with Crippen LogP contribution in [0, 0.1) is 0 Å². The van der Waals surface area contributed by atoms with Crippen LogP contribution in [-0.4, -0.2) is 63.0 Å². The van der Waals surface area contributed by atoms with E-state index in [1.807, 2.05) is 0 Å². The van der Waals surface area contributed by atoms with Gasteiger partial charge in [-0.2, -0.15) is 0 Å². The van der Waals surface area contributed by atoms with E-state index in [0.717, 1.165) is 25.7 Å². The molecule has 0 bridgehead atoms. The molecule has 4 nitrogen and oxygen atoms in total. The summed E-state index contributed by atoms with van der Waals surface area (Å²) in [6.45, 7) is 5.36. The zero-order valence-electron chi connectivity index (χ0n) is 12.7. The maximum atomic E-state index is 5.50. The van der Waals surface area contributed by atoms with Gasteiger partial charge >= 0.3 is 0 Å². The molecule has 1 heterocycles. The molecule has 2 fully saturated rings. The third-order valence-corrected chi connectivity index (χ3v) is 4.78. The largest absolute Gasteiger partial charge is 0.377 e. The van der Waals surface area contributed by atoms with Crippen LogP contribution in [-0.2, 0) is 9.47 Å².